The molecule has 0 spiro atoms. The van der Waals surface area contributed by atoms with Crippen molar-refractivity contribution in [1.29, 1.82) is 0 Å². The largest absolute Gasteiger partial charge is 0.469 e. The summed E-state index contributed by atoms with van der Waals surface area (Å²) in [6.45, 7) is 5.90. The number of allylic oxidation sites excluding steroid dienone is 1. The number of esters is 1. The maximum Gasteiger partial charge on any atom is 0.305 e. The van der Waals surface area contributed by atoms with Crippen molar-refractivity contribution in [3.8, 4) is 0 Å². The Morgan fingerprint density at radius 3 is 2.75 bits per heavy atom. The van der Waals surface area contributed by atoms with E-state index in [1.54, 1.807) is 0 Å². The highest BCUT2D eigenvalue weighted by molar-refractivity contribution is 5.98. The minimum Gasteiger partial charge on any atom is -0.469 e. The molecule has 1 aromatic rings. The van der Waals surface area contributed by atoms with Crippen LogP contribution in [0.5, 0.6) is 0 Å². The van der Waals surface area contributed by atoms with Gasteiger partial charge in [0.2, 0.25) is 0 Å². The van der Waals surface area contributed by atoms with Crippen LogP contribution in [-0.4, -0.2) is 36.9 Å². The van der Waals surface area contributed by atoms with Crippen LogP contribution in [0.2, 0.25) is 0 Å². The quantitative estimate of drug-likeness (QED) is 0.241. The van der Waals surface area contributed by atoms with Crippen LogP contribution in [0.15, 0.2) is 16.6 Å². The van der Waals surface area contributed by atoms with Crippen LogP contribution in [0.25, 0.3) is 12.2 Å². The smallest absolute Gasteiger partial charge is 0.305 e. The van der Waals surface area contributed by atoms with Crippen molar-refractivity contribution in [2.24, 2.45) is 0 Å². The van der Waals surface area contributed by atoms with Gasteiger partial charge in [0.25, 0.3) is 0 Å². The van der Waals surface area contributed by atoms with Crippen LogP contribution < -0.4 is 0 Å². The Morgan fingerprint density at radius 2 is 2.00 bits per heavy atom. The first-order valence-electron chi connectivity index (χ1n) is 11.8. The van der Waals surface area contributed by atoms with Gasteiger partial charge in [-0.05, 0) is 39.5 Å². The molecule has 0 saturated carbocycles. The molecule has 1 aliphatic heterocycles. The van der Waals surface area contributed by atoms with Crippen molar-refractivity contribution in [1.82, 2.24) is 0 Å². The maximum absolute atomic E-state index is 12.9. The first kappa shape index (κ1) is 24.5. The predicted molar refractivity (Wildman–Crippen MR) is 123 cm³/mol. The second-order valence-electron chi connectivity index (χ2n) is 8.97. The van der Waals surface area contributed by atoms with Gasteiger partial charge in [-0.15, -0.1) is 0 Å². The van der Waals surface area contributed by atoms with Gasteiger partial charge >= 0.3 is 5.97 Å². The number of aryl methyl sites for hydroxylation is 1. The molecule has 0 N–H and O–H groups in total. The monoisotopic (exact) mass is 444 g/mol. The van der Waals surface area contributed by atoms with E-state index in [0.717, 1.165) is 49.0 Å². The maximum atomic E-state index is 12.9. The van der Waals surface area contributed by atoms with E-state index in [4.69, 9.17) is 18.6 Å². The number of rotatable bonds is 11. The summed E-state index contributed by atoms with van der Waals surface area (Å²) in [5, 5.41) is 0. The highest BCUT2D eigenvalue weighted by Crippen LogP contribution is 2.34. The van der Waals surface area contributed by atoms with Gasteiger partial charge in [0.1, 0.15) is 11.9 Å². The van der Waals surface area contributed by atoms with Crippen LogP contribution in [0.3, 0.4) is 0 Å². The second-order valence-corrected chi connectivity index (χ2v) is 8.97. The molecule has 1 fully saturated rings. The molecule has 6 heteroatoms. The zero-order chi connectivity index (χ0) is 23.1. The number of methoxy groups -OCH3 is 1. The lowest BCUT2D eigenvalue weighted by Crippen LogP contribution is -2.21. The number of carbonyl (C=O) groups is 2. The number of ether oxygens (including phenoxy) is 3. The number of Topliss-reactive ketones (excluding diaryl/α,β-unsaturated/α-hetero) is 1. The molecule has 3 rings (SSSR count). The third-order valence-electron chi connectivity index (χ3n) is 5.91. The van der Waals surface area contributed by atoms with E-state index in [2.05, 4.69) is 19.1 Å². The fraction of sp³-hybridized carbons (Fsp3) is 0.615. The van der Waals surface area contributed by atoms with Gasteiger partial charge in [0.15, 0.2) is 17.3 Å². The SMILES string of the molecule is CCCCCC(=O)c1oc2c(c1/C=C/[C@H]1OC(C)(C)O[C@H]1CCCC(=O)OC)C=CCC2. The molecule has 1 aliphatic carbocycles. The summed E-state index contributed by atoms with van der Waals surface area (Å²) in [5.74, 6) is 0.455. The first-order valence-corrected chi connectivity index (χ1v) is 11.8. The third kappa shape index (κ3) is 6.20. The van der Waals surface area contributed by atoms with E-state index < -0.39 is 5.79 Å². The highest BCUT2D eigenvalue weighted by atomic mass is 16.7. The number of hydrogen-bond acceptors (Lipinski definition) is 6. The molecule has 2 heterocycles. The molecule has 0 radical (unpaired) electrons. The summed E-state index contributed by atoms with van der Waals surface area (Å²) in [6, 6.07) is 0. The summed E-state index contributed by atoms with van der Waals surface area (Å²) >= 11 is 0. The Hall–Kier alpha value is -2.18. The minimum atomic E-state index is -0.709. The summed E-state index contributed by atoms with van der Waals surface area (Å²) in [6.07, 6.45) is 14.5. The molecule has 0 amide bonds. The highest BCUT2D eigenvalue weighted by Gasteiger charge is 2.39. The standard InChI is InChI=1S/C26H36O6/c1-5-6-7-12-20(27)25-19(18-11-8-9-13-21(18)30-25)16-17-23-22(31-26(2,3)32-23)14-10-15-24(28)29-4/h8,11,16-17,22-23H,5-7,9-10,12-15H2,1-4H3/b17-16+/t22-,23+/m0/s1. The molecule has 0 aromatic carbocycles. The van der Waals surface area contributed by atoms with E-state index in [9.17, 15) is 9.59 Å². The van der Waals surface area contributed by atoms with Gasteiger partial charge in [-0.2, -0.15) is 0 Å². The second kappa shape index (κ2) is 11.1. The van der Waals surface area contributed by atoms with Crippen LogP contribution in [0, 0.1) is 0 Å². The number of unbranched alkanes of at least 4 members (excludes halogenated alkanes) is 2. The summed E-state index contributed by atoms with van der Waals surface area (Å²) in [4.78, 5) is 24.4. The van der Waals surface area contributed by atoms with E-state index in [1.807, 2.05) is 26.0 Å². The molecule has 32 heavy (non-hydrogen) atoms. The number of carbonyl (C=O) groups excluding carboxylic acids is 2. The lowest BCUT2D eigenvalue weighted by Gasteiger charge is -2.16. The van der Waals surface area contributed by atoms with Gasteiger partial charge in [0, 0.05) is 30.4 Å². The minimum absolute atomic E-state index is 0.0550. The number of fused-ring (bicyclic) bond motifs is 1. The van der Waals surface area contributed by atoms with Crippen LogP contribution in [0.1, 0.15) is 99.6 Å². The number of furan rings is 1. The Balaban J connectivity index is 1.78. The fourth-order valence-corrected chi connectivity index (χ4v) is 4.30. The average molecular weight is 445 g/mol. The van der Waals surface area contributed by atoms with E-state index >= 15 is 0 Å². The van der Waals surface area contributed by atoms with Gasteiger partial charge in [-0.25, -0.2) is 0 Å². The molecule has 6 nitrogen and oxygen atoms in total. The zero-order valence-electron chi connectivity index (χ0n) is 19.8. The lowest BCUT2D eigenvalue weighted by molar-refractivity contribution is -0.144. The number of ketones is 1. The van der Waals surface area contributed by atoms with Crippen LogP contribution in [-0.2, 0) is 25.4 Å². The normalized spacial score (nSPS) is 21.8. The topological polar surface area (TPSA) is 75.0 Å². The predicted octanol–water partition coefficient (Wildman–Crippen LogP) is 5.88. The molecule has 2 aliphatic rings. The molecule has 0 unspecified atom stereocenters. The lowest BCUT2D eigenvalue weighted by atomic mass is 9.97. The average Bonchev–Trinajstić information content (AvgIpc) is 3.28. The number of hydrogen-bond donors (Lipinski definition) is 0. The Bertz CT molecular complexity index is 860. The van der Waals surface area contributed by atoms with Gasteiger partial charge < -0.3 is 18.6 Å². The van der Waals surface area contributed by atoms with Crippen LogP contribution in [0.4, 0.5) is 0 Å². The summed E-state index contributed by atoms with van der Waals surface area (Å²) in [5.41, 5.74) is 1.82. The molecule has 2 atom stereocenters. The molecule has 1 saturated heterocycles. The Morgan fingerprint density at radius 1 is 1.19 bits per heavy atom. The third-order valence-corrected chi connectivity index (χ3v) is 5.91. The van der Waals surface area contributed by atoms with Gasteiger partial charge in [-0.1, -0.05) is 44.1 Å². The van der Waals surface area contributed by atoms with Crippen molar-refractivity contribution in [2.45, 2.75) is 96.6 Å². The summed E-state index contributed by atoms with van der Waals surface area (Å²) < 4.78 is 23.0. The summed E-state index contributed by atoms with van der Waals surface area (Å²) in [7, 11) is 1.40. The van der Waals surface area contributed by atoms with Gasteiger partial charge in [-0.3, -0.25) is 9.59 Å². The van der Waals surface area contributed by atoms with Crippen molar-refractivity contribution in [3.05, 3.63) is 34.8 Å². The molecule has 0 bridgehead atoms. The van der Waals surface area contributed by atoms with Crippen LogP contribution >= 0.6 is 0 Å². The molecule has 1 aromatic heterocycles. The van der Waals surface area contributed by atoms with E-state index in [-0.39, 0.29) is 24.0 Å². The Labute approximate surface area is 191 Å². The van der Waals surface area contributed by atoms with E-state index in [1.165, 1.54) is 7.11 Å². The van der Waals surface area contributed by atoms with Crippen molar-refractivity contribution < 1.29 is 28.2 Å². The molecular weight excluding hydrogens is 408 g/mol. The Kier molecular flexibility index (Phi) is 8.49. The van der Waals surface area contributed by atoms with Crippen molar-refractivity contribution >= 4 is 23.9 Å². The van der Waals surface area contributed by atoms with Crippen molar-refractivity contribution in [2.75, 3.05) is 7.11 Å². The molecule has 176 valence electrons. The first-order chi connectivity index (χ1) is 15.3. The van der Waals surface area contributed by atoms with Crippen molar-refractivity contribution in [3.63, 3.8) is 0 Å². The van der Waals surface area contributed by atoms with E-state index in [0.29, 0.717) is 31.4 Å². The fourth-order valence-electron chi connectivity index (χ4n) is 4.30. The van der Waals surface area contributed by atoms with Gasteiger partial charge in [0.05, 0.1) is 13.2 Å². The zero-order valence-corrected chi connectivity index (χ0v) is 19.8. The molecular formula is C26H36O6.